The van der Waals surface area contributed by atoms with E-state index in [1.165, 1.54) is 45.5 Å². The van der Waals surface area contributed by atoms with E-state index in [-0.39, 0.29) is 60.1 Å². The molecular weight excluding hydrogens is 849 g/mol. The molecule has 16 heteroatoms. The quantitative estimate of drug-likeness (QED) is 0.0937. The second-order valence-electron chi connectivity index (χ2n) is 14.9. The van der Waals surface area contributed by atoms with E-state index in [1.54, 1.807) is 83.1 Å². The molecule has 0 atom stereocenters. The second kappa shape index (κ2) is 20.0. The van der Waals surface area contributed by atoms with E-state index in [0.29, 0.717) is 44.4 Å². The summed E-state index contributed by atoms with van der Waals surface area (Å²) in [7, 11) is 0. The number of halogens is 4. The lowest BCUT2D eigenvalue weighted by molar-refractivity contribution is -0.154. The maximum Gasteiger partial charge on any atom is 0.343 e. The lowest BCUT2D eigenvalue weighted by atomic mass is 10.0. The molecule has 12 nitrogen and oxygen atoms in total. The van der Waals surface area contributed by atoms with Crippen molar-refractivity contribution in [2.45, 2.75) is 65.9 Å². The van der Waals surface area contributed by atoms with Gasteiger partial charge < -0.3 is 19.3 Å². The smallest absolute Gasteiger partial charge is 0.343 e. The number of fused-ring (bicyclic) bond motifs is 2. The van der Waals surface area contributed by atoms with Crippen molar-refractivity contribution in [3.05, 3.63) is 172 Å². The molecule has 0 spiro atoms. The third-order valence-electron chi connectivity index (χ3n) is 9.15. The number of carbonyl (C=O) groups is 4. The number of carbonyl (C=O) groups excluding carboxylic acids is 3. The van der Waals surface area contributed by atoms with Crippen molar-refractivity contribution in [1.29, 1.82) is 0 Å². The molecule has 6 rings (SSSR count). The number of hydrogen-bond acceptors (Lipinski definition) is 9. The van der Waals surface area contributed by atoms with Crippen molar-refractivity contribution < 1.29 is 47.3 Å². The number of nitrogens with zero attached hydrogens (tertiary/aromatic N) is 2. The van der Waals surface area contributed by atoms with E-state index in [9.17, 15) is 42.7 Å². The molecule has 0 aliphatic carbocycles. The monoisotopic (exact) mass is 890 g/mol. The van der Waals surface area contributed by atoms with Gasteiger partial charge in [-0.05, 0) is 104 Å². The molecule has 6 aromatic rings. The van der Waals surface area contributed by atoms with Gasteiger partial charge in [-0.3, -0.25) is 28.0 Å². The van der Waals surface area contributed by atoms with Crippen molar-refractivity contribution in [2.24, 2.45) is 0 Å². The van der Waals surface area contributed by atoms with Gasteiger partial charge >= 0.3 is 23.9 Å². The summed E-state index contributed by atoms with van der Waals surface area (Å²) in [6.07, 6.45) is 2.81. The number of hydrogen-bond donors (Lipinski definition) is 1. The van der Waals surface area contributed by atoms with Crippen LogP contribution in [0, 0.1) is 11.6 Å². The van der Waals surface area contributed by atoms with Crippen LogP contribution in [-0.2, 0) is 49.5 Å². The van der Waals surface area contributed by atoms with Crippen LogP contribution in [0.1, 0.15) is 88.7 Å². The van der Waals surface area contributed by atoms with Gasteiger partial charge in [-0.25, -0.2) is 18.4 Å². The number of pyridine rings is 4. The maximum atomic E-state index is 14.4. The van der Waals surface area contributed by atoms with E-state index in [4.69, 9.17) is 37.4 Å². The minimum atomic E-state index is -1.11. The molecular formula is C46H42Cl2F2N2O10. The first-order valence-electron chi connectivity index (χ1n) is 19.3. The summed E-state index contributed by atoms with van der Waals surface area (Å²) in [6.45, 7) is 8.67. The molecule has 2 aromatic carbocycles. The van der Waals surface area contributed by atoms with Gasteiger partial charge in [0.05, 0.1) is 47.1 Å². The second-order valence-corrected chi connectivity index (χ2v) is 15.7. The largest absolute Gasteiger partial charge is 0.481 e. The van der Waals surface area contributed by atoms with Crippen molar-refractivity contribution in [3.8, 4) is 0 Å². The highest BCUT2D eigenvalue weighted by Gasteiger charge is 2.23. The minimum absolute atomic E-state index is 0.00574. The van der Waals surface area contributed by atoms with Crippen molar-refractivity contribution in [2.75, 3.05) is 13.2 Å². The molecule has 0 aliphatic heterocycles. The Labute approximate surface area is 364 Å². The summed E-state index contributed by atoms with van der Waals surface area (Å²) >= 11 is 11.7. The van der Waals surface area contributed by atoms with Crippen LogP contribution in [0.4, 0.5) is 8.78 Å². The van der Waals surface area contributed by atoms with Crippen LogP contribution in [0.2, 0.25) is 10.0 Å². The fraction of sp³-hybridized carbons (Fsp3) is 0.261. The van der Waals surface area contributed by atoms with Crippen LogP contribution >= 0.6 is 23.2 Å². The third-order valence-corrected chi connectivity index (χ3v) is 9.74. The van der Waals surface area contributed by atoms with Gasteiger partial charge in [0.15, 0.2) is 0 Å². The fourth-order valence-electron chi connectivity index (χ4n) is 6.54. The van der Waals surface area contributed by atoms with Crippen LogP contribution in [0.3, 0.4) is 0 Å². The Hall–Kier alpha value is -6.38. The summed E-state index contributed by atoms with van der Waals surface area (Å²) in [5.41, 5.74) is 1.07. The van der Waals surface area contributed by atoms with Crippen LogP contribution in [0.5, 0.6) is 0 Å². The van der Waals surface area contributed by atoms with Crippen LogP contribution in [-0.4, -0.2) is 56.6 Å². The summed E-state index contributed by atoms with van der Waals surface area (Å²) in [4.78, 5) is 74.2. The number of ether oxygens (including phenoxy) is 3. The number of benzene rings is 2. The predicted molar refractivity (Wildman–Crippen MR) is 229 cm³/mol. The number of esters is 3. The fourth-order valence-corrected chi connectivity index (χ4v) is 6.92. The maximum absolute atomic E-state index is 14.4. The first-order valence-corrected chi connectivity index (χ1v) is 20.0. The molecule has 62 heavy (non-hydrogen) atoms. The zero-order valence-electron chi connectivity index (χ0n) is 34.4. The van der Waals surface area contributed by atoms with Crippen molar-refractivity contribution in [3.63, 3.8) is 0 Å². The summed E-state index contributed by atoms with van der Waals surface area (Å²) in [5, 5.41) is 9.18. The number of aromatic nitrogens is 2. The molecule has 0 saturated heterocycles. The van der Waals surface area contributed by atoms with Crippen LogP contribution < -0.4 is 11.1 Å². The Morgan fingerprint density at radius 1 is 0.645 bits per heavy atom. The van der Waals surface area contributed by atoms with Gasteiger partial charge in [-0.2, -0.15) is 0 Å². The average molecular weight is 892 g/mol. The first kappa shape index (κ1) is 46.7. The Balaban J connectivity index is 0.000000236. The van der Waals surface area contributed by atoms with Gasteiger partial charge in [0.25, 0.3) is 11.1 Å². The topological polar surface area (TPSA) is 159 Å². The van der Waals surface area contributed by atoms with Gasteiger partial charge in [-0.15, -0.1) is 0 Å². The average Bonchev–Trinajstić information content (AvgIpc) is 3.20. The van der Waals surface area contributed by atoms with E-state index in [2.05, 4.69) is 0 Å². The van der Waals surface area contributed by atoms with Crippen LogP contribution in [0.25, 0.3) is 11.0 Å². The predicted octanol–water partition coefficient (Wildman–Crippen LogP) is 8.23. The molecule has 0 unspecified atom stereocenters. The van der Waals surface area contributed by atoms with Gasteiger partial charge in [0.1, 0.15) is 28.4 Å². The Morgan fingerprint density at radius 3 is 1.45 bits per heavy atom. The lowest BCUT2D eigenvalue weighted by Crippen LogP contribution is -2.27. The summed E-state index contributed by atoms with van der Waals surface area (Å²) in [6, 6.07) is 18.6. The molecule has 0 bridgehead atoms. The van der Waals surface area contributed by atoms with Gasteiger partial charge in [-0.1, -0.05) is 59.6 Å². The lowest BCUT2D eigenvalue weighted by Gasteiger charge is -2.20. The molecule has 1 N–H and O–H groups in total. The number of carboxylic acids is 1. The molecule has 0 amide bonds. The molecule has 0 radical (unpaired) electrons. The highest BCUT2D eigenvalue weighted by atomic mass is 35.5. The molecule has 324 valence electrons. The van der Waals surface area contributed by atoms with Gasteiger partial charge in [0.2, 0.25) is 0 Å². The number of aliphatic carboxylic acids is 1. The van der Waals surface area contributed by atoms with Gasteiger partial charge in [0, 0.05) is 25.2 Å². The summed E-state index contributed by atoms with van der Waals surface area (Å²) in [5.74, 6) is -4.29. The van der Waals surface area contributed by atoms with Crippen LogP contribution in [0.15, 0.2) is 94.8 Å². The van der Waals surface area contributed by atoms with E-state index >= 15 is 0 Å². The van der Waals surface area contributed by atoms with E-state index in [1.807, 2.05) is 0 Å². The molecule has 4 heterocycles. The standard InChI is InChI=1S/C25H25ClFNO5.C21H17ClFNO5/c1-5-32-24(31)18-12-17(13-21(29)33-25(2,3)4)20-10-9-15(14-28(20)23(18)30)11-16-7-6-8-19(26)22(16)27;1-2-29-21(28)15-9-14(10-18(25)26)17-7-6-12(11-24(17)20(15)27)8-13-4-3-5-16(22)19(13)23/h6-10,12,14H,5,11,13H2,1-4H3;3-7,9,11H,2,8,10H2,1H3,(H,25,26). The summed E-state index contributed by atoms with van der Waals surface area (Å²) < 4.78 is 46.4. The molecule has 0 saturated carbocycles. The Bertz CT molecular complexity index is 2830. The molecule has 0 fully saturated rings. The van der Waals surface area contributed by atoms with E-state index < -0.39 is 52.2 Å². The van der Waals surface area contributed by atoms with Crippen molar-refractivity contribution >= 4 is 58.1 Å². The Morgan fingerprint density at radius 2 is 1.06 bits per heavy atom. The first-order chi connectivity index (χ1) is 29.3. The highest BCUT2D eigenvalue weighted by Crippen LogP contribution is 2.24. The molecule has 0 aliphatic rings. The highest BCUT2D eigenvalue weighted by molar-refractivity contribution is 6.31. The van der Waals surface area contributed by atoms with Crippen molar-refractivity contribution in [1.82, 2.24) is 8.80 Å². The Kier molecular flexibility index (Phi) is 15.1. The third kappa shape index (κ3) is 11.3. The van der Waals surface area contributed by atoms with E-state index in [0.717, 1.165) is 0 Å². The molecule has 4 aromatic heterocycles. The number of carboxylic acid groups (broad SMARTS) is 1. The zero-order valence-corrected chi connectivity index (χ0v) is 35.9. The SMILES string of the molecule is CCOC(=O)c1cc(CC(=O)O)c2ccc(Cc3cccc(Cl)c3F)cn2c1=O.CCOC(=O)c1cc(CC(=O)OC(C)(C)C)c2ccc(Cc3cccc(Cl)c3F)cn2c1=O. The normalized spacial score (nSPS) is 11.2. The minimum Gasteiger partial charge on any atom is -0.481 e. The zero-order chi connectivity index (χ0) is 45.5. The number of rotatable bonds is 12.